The summed E-state index contributed by atoms with van der Waals surface area (Å²) in [7, 11) is 3.30. The first kappa shape index (κ1) is 18.2. The summed E-state index contributed by atoms with van der Waals surface area (Å²) >= 11 is 1.53. The van der Waals surface area contributed by atoms with Gasteiger partial charge in [-0.2, -0.15) is 0 Å². The number of carbonyl (C=O) groups excluding carboxylic acids is 2. The number of aryl methyl sites for hydroxylation is 1. The highest BCUT2D eigenvalue weighted by molar-refractivity contribution is 7.09. The molecule has 0 bridgehead atoms. The van der Waals surface area contributed by atoms with E-state index < -0.39 is 0 Å². The smallest absolute Gasteiger partial charge is 0.317 e. The summed E-state index contributed by atoms with van der Waals surface area (Å²) in [6.07, 6.45) is 0.272. The minimum Gasteiger partial charge on any atom is -0.495 e. The van der Waals surface area contributed by atoms with Crippen molar-refractivity contribution in [3.63, 3.8) is 0 Å². The van der Waals surface area contributed by atoms with Crippen LogP contribution in [0.15, 0.2) is 29.6 Å². The molecule has 2 aromatic rings. The van der Waals surface area contributed by atoms with Gasteiger partial charge in [-0.15, -0.1) is 11.3 Å². The molecular formula is C18H22N4O3S. The van der Waals surface area contributed by atoms with Gasteiger partial charge >= 0.3 is 6.03 Å². The van der Waals surface area contributed by atoms with E-state index in [2.05, 4.69) is 10.3 Å². The molecular weight excluding hydrogens is 352 g/mol. The number of nitrogens with zero attached hydrogens (tertiary/aromatic N) is 3. The zero-order valence-corrected chi connectivity index (χ0v) is 15.9. The fraction of sp³-hybridized carbons (Fsp3) is 0.389. The van der Waals surface area contributed by atoms with Gasteiger partial charge in [-0.3, -0.25) is 4.79 Å². The van der Waals surface area contributed by atoms with Gasteiger partial charge in [-0.25, -0.2) is 9.78 Å². The minimum atomic E-state index is -0.236. The van der Waals surface area contributed by atoms with Crippen molar-refractivity contribution in [1.82, 2.24) is 15.2 Å². The fourth-order valence-electron chi connectivity index (χ4n) is 2.92. The number of hydrogen-bond donors (Lipinski definition) is 1. The Kier molecular flexibility index (Phi) is 5.41. The molecule has 1 atom stereocenters. The first-order valence-corrected chi connectivity index (χ1v) is 9.22. The third-order valence-corrected chi connectivity index (χ3v) is 5.17. The maximum atomic E-state index is 12.4. The second-order valence-electron chi connectivity index (χ2n) is 6.27. The molecule has 0 aliphatic carbocycles. The van der Waals surface area contributed by atoms with Crippen LogP contribution in [0.1, 0.15) is 17.1 Å². The molecule has 1 aromatic heterocycles. The summed E-state index contributed by atoms with van der Waals surface area (Å²) in [5, 5.41) is 5.78. The largest absolute Gasteiger partial charge is 0.495 e. The lowest BCUT2D eigenvalue weighted by Gasteiger charge is -2.21. The van der Waals surface area contributed by atoms with Crippen molar-refractivity contribution in [1.29, 1.82) is 0 Å². The van der Waals surface area contributed by atoms with Crippen molar-refractivity contribution < 1.29 is 14.3 Å². The van der Waals surface area contributed by atoms with E-state index in [0.717, 1.165) is 16.4 Å². The van der Waals surface area contributed by atoms with Gasteiger partial charge in [-0.1, -0.05) is 12.1 Å². The number of methoxy groups -OCH3 is 1. The van der Waals surface area contributed by atoms with Crippen LogP contribution >= 0.6 is 11.3 Å². The van der Waals surface area contributed by atoms with Crippen LogP contribution in [0.4, 0.5) is 10.5 Å². The molecule has 3 rings (SSSR count). The van der Waals surface area contributed by atoms with Crippen molar-refractivity contribution in [2.24, 2.45) is 0 Å². The summed E-state index contributed by atoms with van der Waals surface area (Å²) < 4.78 is 5.33. The van der Waals surface area contributed by atoms with Crippen LogP contribution in [0, 0.1) is 6.92 Å². The lowest BCUT2D eigenvalue weighted by Crippen LogP contribution is -2.44. The summed E-state index contributed by atoms with van der Waals surface area (Å²) in [6.45, 7) is 2.80. The highest BCUT2D eigenvalue weighted by Crippen LogP contribution is 2.31. The molecule has 8 heteroatoms. The van der Waals surface area contributed by atoms with E-state index in [1.165, 1.54) is 11.3 Å². The zero-order valence-electron chi connectivity index (χ0n) is 15.1. The maximum Gasteiger partial charge on any atom is 0.317 e. The molecule has 3 amide bonds. The molecule has 1 saturated heterocycles. The third-order valence-electron chi connectivity index (χ3n) is 4.21. The molecule has 1 aliphatic heterocycles. The van der Waals surface area contributed by atoms with Crippen LogP contribution in [0.25, 0.3) is 0 Å². The summed E-state index contributed by atoms with van der Waals surface area (Å²) in [5.41, 5.74) is 1.68. The molecule has 1 N–H and O–H groups in total. The van der Waals surface area contributed by atoms with E-state index in [-0.39, 0.29) is 24.4 Å². The highest BCUT2D eigenvalue weighted by Gasteiger charge is 2.33. The lowest BCUT2D eigenvalue weighted by atomic mass is 10.2. The molecule has 26 heavy (non-hydrogen) atoms. The number of anilines is 1. The Morgan fingerprint density at radius 1 is 1.46 bits per heavy atom. The zero-order chi connectivity index (χ0) is 18.7. The van der Waals surface area contributed by atoms with Crippen molar-refractivity contribution in [3.05, 3.63) is 40.3 Å². The Morgan fingerprint density at radius 2 is 2.23 bits per heavy atom. The van der Waals surface area contributed by atoms with Crippen molar-refractivity contribution in [2.45, 2.75) is 25.9 Å². The molecule has 0 saturated carbocycles. The number of ether oxygens (including phenoxy) is 1. The molecule has 1 fully saturated rings. The highest BCUT2D eigenvalue weighted by atomic mass is 32.1. The standard InChI is InChI=1S/C18H22N4O3S/c1-12-11-26-16(19-12)10-21(2)18(24)20-13-8-17(23)22(9-13)14-6-4-5-7-15(14)25-3/h4-7,11,13H,8-10H2,1-3H3,(H,20,24)/t13-/m1/s1. The fourth-order valence-corrected chi connectivity index (χ4v) is 3.75. The molecule has 1 aliphatic rings. The summed E-state index contributed by atoms with van der Waals surface area (Å²) in [5.74, 6) is 0.613. The van der Waals surface area contributed by atoms with Crippen molar-refractivity contribution >= 4 is 29.0 Å². The second-order valence-corrected chi connectivity index (χ2v) is 7.21. The van der Waals surface area contributed by atoms with Crippen LogP contribution < -0.4 is 15.0 Å². The number of urea groups is 1. The molecule has 138 valence electrons. The lowest BCUT2D eigenvalue weighted by molar-refractivity contribution is -0.117. The maximum absolute atomic E-state index is 12.4. The Morgan fingerprint density at radius 3 is 2.92 bits per heavy atom. The van der Waals surface area contributed by atoms with Gasteiger partial charge in [0.1, 0.15) is 10.8 Å². The monoisotopic (exact) mass is 374 g/mol. The van der Waals surface area contributed by atoms with Crippen LogP contribution in [-0.4, -0.2) is 48.6 Å². The van der Waals surface area contributed by atoms with Gasteiger partial charge in [0.25, 0.3) is 0 Å². The van der Waals surface area contributed by atoms with E-state index in [1.54, 1.807) is 24.0 Å². The Hall–Kier alpha value is -2.61. The first-order valence-electron chi connectivity index (χ1n) is 8.34. The topological polar surface area (TPSA) is 74.8 Å². The van der Waals surface area contributed by atoms with E-state index in [9.17, 15) is 9.59 Å². The minimum absolute atomic E-state index is 0.0296. The Bertz CT molecular complexity index is 807. The van der Waals surface area contributed by atoms with Crippen LogP contribution in [0.3, 0.4) is 0 Å². The molecule has 1 aromatic carbocycles. The first-order chi connectivity index (χ1) is 12.5. The van der Waals surface area contributed by atoms with Gasteiger partial charge in [0, 0.05) is 31.1 Å². The SMILES string of the molecule is COc1ccccc1N1C[C@H](NC(=O)N(C)Cc2nc(C)cs2)CC1=O. The number of carbonyl (C=O) groups is 2. The number of amides is 3. The molecule has 0 spiro atoms. The number of para-hydroxylation sites is 2. The second kappa shape index (κ2) is 7.74. The van der Waals surface area contributed by atoms with Crippen molar-refractivity contribution in [3.8, 4) is 5.75 Å². The van der Waals surface area contributed by atoms with Crippen LogP contribution in [0.2, 0.25) is 0 Å². The average molecular weight is 374 g/mol. The van der Waals surface area contributed by atoms with E-state index in [1.807, 2.05) is 36.6 Å². The van der Waals surface area contributed by atoms with Gasteiger partial charge in [-0.05, 0) is 19.1 Å². The van der Waals surface area contributed by atoms with Gasteiger partial charge in [0.05, 0.1) is 25.4 Å². The van der Waals surface area contributed by atoms with Crippen LogP contribution in [-0.2, 0) is 11.3 Å². The normalized spacial score (nSPS) is 16.7. The number of rotatable bonds is 5. The quantitative estimate of drug-likeness (QED) is 0.872. The number of hydrogen-bond acceptors (Lipinski definition) is 5. The number of aromatic nitrogens is 1. The summed E-state index contributed by atoms with van der Waals surface area (Å²) in [4.78, 5) is 32.4. The predicted molar refractivity (Wildman–Crippen MR) is 101 cm³/mol. The van der Waals surface area contributed by atoms with Gasteiger partial charge in [0.15, 0.2) is 0 Å². The number of nitrogens with one attached hydrogen (secondary N) is 1. The molecule has 0 unspecified atom stereocenters. The third kappa shape index (κ3) is 3.96. The van der Waals surface area contributed by atoms with E-state index in [4.69, 9.17) is 4.74 Å². The Labute approximate surface area is 156 Å². The van der Waals surface area contributed by atoms with Crippen molar-refractivity contribution in [2.75, 3.05) is 25.6 Å². The molecule has 7 nitrogen and oxygen atoms in total. The van der Waals surface area contributed by atoms with Gasteiger partial charge < -0.3 is 19.9 Å². The number of thiazole rings is 1. The molecule has 2 heterocycles. The van der Waals surface area contributed by atoms with Crippen LogP contribution in [0.5, 0.6) is 5.75 Å². The molecule has 0 radical (unpaired) electrons. The van der Waals surface area contributed by atoms with E-state index >= 15 is 0 Å². The van der Waals surface area contributed by atoms with Gasteiger partial charge in [0.2, 0.25) is 5.91 Å². The van der Waals surface area contributed by atoms with E-state index in [0.29, 0.717) is 18.8 Å². The number of benzene rings is 1. The predicted octanol–water partition coefficient (Wildman–Crippen LogP) is 2.41. The summed E-state index contributed by atoms with van der Waals surface area (Å²) in [6, 6.07) is 6.94. The Balaban J connectivity index is 1.61. The average Bonchev–Trinajstić information content (AvgIpc) is 3.19.